The van der Waals surface area contributed by atoms with E-state index in [0.29, 0.717) is 29.4 Å². The molecule has 2 saturated carbocycles. The summed E-state index contributed by atoms with van der Waals surface area (Å²) < 4.78 is 30.0. The second kappa shape index (κ2) is 16.2. The maximum absolute atomic E-state index is 12.6. The number of rotatable bonds is 4. The number of carbonyl (C=O) groups excluding carboxylic acids is 3. The molecule has 0 N–H and O–H groups in total. The van der Waals surface area contributed by atoms with E-state index >= 15 is 0 Å². The number of isocyanates is 1. The molecule has 2 aliphatic carbocycles. The van der Waals surface area contributed by atoms with Gasteiger partial charge in [-0.3, -0.25) is 9.59 Å². The average Bonchev–Trinajstić information content (AvgIpc) is 3.58. The lowest BCUT2D eigenvalue weighted by molar-refractivity contribution is -0.576. The summed E-state index contributed by atoms with van der Waals surface area (Å²) in [5.74, 6) is -0.283. The SMILES string of the molecule is C[C@@H]1CCC2[C@@H](C)C(=O)O[C@@H]3O[C@]4(C)CCC1[C@@]23OO4.C[C@@H]1CCC2[C@@H](C)[C@@H](OC(=O)Cc3ccccc3)O[C@@H]3O[C@]4(C)CCC1[C@@]23OO4.O=C=Nc1ccccc1. The number of aliphatic imine (C=N–C) groups is 1. The van der Waals surface area contributed by atoms with Crippen LogP contribution in [-0.4, -0.2) is 59.7 Å². The van der Waals surface area contributed by atoms with Gasteiger partial charge in [0, 0.05) is 36.5 Å². The number of para-hydroxylation sites is 1. The van der Waals surface area contributed by atoms with E-state index in [9.17, 15) is 14.4 Å². The summed E-state index contributed by atoms with van der Waals surface area (Å²) in [5.41, 5.74) is 0.335. The third-order valence-electron chi connectivity index (χ3n) is 14.4. The third-order valence-corrected chi connectivity index (χ3v) is 14.4. The fraction of sp³-hybridized carbons (Fsp3) is 0.667. The first-order valence-electron chi connectivity index (χ1n) is 21.1. The minimum absolute atomic E-state index is 0.00405. The first-order valence-corrected chi connectivity index (χ1v) is 21.1. The number of carbonyl (C=O) groups is 2. The Bertz CT molecular complexity index is 1840. The van der Waals surface area contributed by atoms with Crippen molar-refractivity contribution < 1.29 is 57.6 Å². The molecule has 15 atom stereocenters. The van der Waals surface area contributed by atoms with E-state index in [-0.39, 0.29) is 42.0 Å². The van der Waals surface area contributed by atoms with Crippen molar-refractivity contribution in [2.75, 3.05) is 0 Å². The number of nitrogens with zero attached hydrogens (tertiary/aromatic N) is 1. The molecule has 13 heteroatoms. The van der Waals surface area contributed by atoms with Gasteiger partial charge < -0.3 is 23.7 Å². The highest BCUT2D eigenvalue weighted by molar-refractivity contribution is 5.74. The summed E-state index contributed by atoms with van der Waals surface area (Å²) >= 11 is 0. The lowest BCUT2D eigenvalue weighted by Gasteiger charge is -2.59. The van der Waals surface area contributed by atoms with Crippen molar-refractivity contribution in [3.05, 3.63) is 66.2 Å². The summed E-state index contributed by atoms with van der Waals surface area (Å²) in [5, 5.41) is 0. The second-order valence-corrected chi connectivity index (χ2v) is 18.1. The number of fused-ring (bicyclic) bond motifs is 4. The molecule has 2 aromatic rings. The Balaban J connectivity index is 0.000000139. The predicted molar refractivity (Wildman–Crippen MR) is 205 cm³/mol. The van der Waals surface area contributed by atoms with Crippen molar-refractivity contribution in [1.29, 1.82) is 0 Å². The molecule has 12 rings (SSSR count). The number of benzene rings is 2. The standard InChI is InChI=1S/C23H30O6.C15H22O5.C7H5NO/c1-14-9-10-18-15(2)20(25-19(24)13-16-7-5-4-6-8-16)26-21-23(18)17(14)11-12-22(3,27-21)28-29-23;1-8-4-5-11-9(2)12(16)17-13-15(11)10(8)6-7-14(3,18-13)19-20-15;9-6-8-7-4-2-1-3-5-7/h4-8,14-15,17-18,20-21H,9-13H2,1-3H3;8-11,13H,4-7H2,1-3H3;1-5H/t14-,15-,17?,18?,20+,21-,22+,23-;8-,9-,10?,11?,13-,14+,15-;/m11./s1. The first kappa shape index (κ1) is 41.2. The van der Waals surface area contributed by atoms with Crippen LogP contribution in [0.2, 0.25) is 0 Å². The summed E-state index contributed by atoms with van der Waals surface area (Å²) in [4.78, 5) is 61.3. The Labute approximate surface area is 340 Å². The van der Waals surface area contributed by atoms with Crippen molar-refractivity contribution >= 4 is 23.7 Å². The van der Waals surface area contributed by atoms with Crippen molar-refractivity contribution in [3.63, 3.8) is 0 Å². The average molecular weight is 804 g/mol. The van der Waals surface area contributed by atoms with Crippen LogP contribution in [-0.2, 0) is 64.0 Å². The van der Waals surface area contributed by atoms with Crippen LogP contribution in [0.1, 0.15) is 98.5 Å². The minimum atomic E-state index is -0.823. The summed E-state index contributed by atoms with van der Waals surface area (Å²) in [7, 11) is 0. The molecule has 4 bridgehead atoms. The molecule has 2 aromatic carbocycles. The molecular formula is C45H57NO12. The van der Waals surface area contributed by atoms with Crippen molar-refractivity contribution in [2.45, 2.75) is 141 Å². The molecule has 314 valence electrons. The van der Waals surface area contributed by atoms with E-state index in [1.165, 1.54) is 6.08 Å². The smallest absolute Gasteiger partial charge is 0.312 e. The maximum atomic E-state index is 12.6. The Morgan fingerprint density at radius 2 is 1.28 bits per heavy atom. The highest BCUT2D eigenvalue weighted by Gasteiger charge is 2.71. The van der Waals surface area contributed by atoms with Gasteiger partial charge >= 0.3 is 11.9 Å². The summed E-state index contributed by atoms with van der Waals surface area (Å²) in [6, 6.07) is 18.6. The van der Waals surface area contributed by atoms with Crippen LogP contribution in [0, 0.1) is 47.3 Å². The molecule has 10 aliphatic rings. The van der Waals surface area contributed by atoms with Crippen LogP contribution < -0.4 is 0 Å². The van der Waals surface area contributed by atoms with E-state index in [2.05, 4.69) is 25.8 Å². The highest BCUT2D eigenvalue weighted by atomic mass is 17.3. The fourth-order valence-corrected chi connectivity index (χ4v) is 11.3. The van der Waals surface area contributed by atoms with Gasteiger partial charge in [-0.05, 0) is 87.8 Å². The molecule has 0 radical (unpaired) electrons. The van der Waals surface area contributed by atoms with Crippen LogP contribution in [0.15, 0.2) is 65.7 Å². The van der Waals surface area contributed by atoms with Crippen LogP contribution in [0.4, 0.5) is 5.69 Å². The molecule has 2 spiro atoms. The molecule has 4 unspecified atom stereocenters. The Hall–Kier alpha value is -3.52. The van der Waals surface area contributed by atoms with Gasteiger partial charge in [-0.1, -0.05) is 76.2 Å². The molecule has 0 amide bonds. The highest BCUT2D eigenvalue weighted by Crippen LogP contribution is 2.62. The van der Waals surface area contributed by atoms with Gasteiger partial charge in [0.05, 0.1) is 18.0 Å². The molecule has 10 fully saturated rings. The quantitative estimate of drug-likeness (QED) is 0.128. The molecular weight excluding hydrogens is 746 g/mol. The zero-order chi connectivity index (χ0) is 40.9. The maximum Gasteiger partial charge on any atom is 0.312 e. The van der Waals surface area contributed by atoms with Crippen molar-refractivity contribution in [3.8, 4) is 0 Å². The van der Waals surface area contributed by atoms with Gasteiger partial charge in [0.2, 0.25) is 30.2 Å². The lowest BCUT2D eigenvalue weighted by Crippen LogP contribution is -2.70. The van der Waals surface area contributed by atoms with Crippen molar-refractivity contribution in [1.82, 2.24) is 0 Å². The Kier molecular flexibility index (Phi) is 11.5. The van der Waals surface area contributed by atoms with Gasteiger partial charge in [0.25, 0.3) is 0 Å². The number of hydrogen-bond donors (Lipinski definition) is 0. The molecule has 58 heavy (non-hydrogen) atoms. The summed E-state index contributed by atoms with van der Waals surface area (Å²) in [6.45, 7) is 12.3. The molecule has 0 aromatic heterocycles. The summed E-state index contributed by atoms with van der Waals surface area (Å²) in [6.07, 6.45) is 7.55. The van der Waals surface area contributed by atoms with Crippen LogP contribution in [0.25, 0.3) is 0 Å². The van der Waals surface area contributed by atoms with Gasteiger partial charge in [-0.2, -0.15) is 4.99 Å². The largest absolute Gasteiger partial charge is 0.435 e. The van der Waals surface area contributed by atoms with E-state index in [1.54, 1.807) is 12.1 Å². The van der Waals surface area contributed by atoms with Crippen molar-refractivity contribution in [2.24, 2.45) is 52.3 Å². The Morgan fingerprint density at radius 1 is 0.724 bits per heavy atom. The number of ether oxygens (including phenoxy) is 5. The topological polar surface area (TPSA) is 147 Å². The molecule has 8 saturated heterocycles. The fourth-order valence-electron chi connectivity index (χ4n) is 11.3. The molecule has 8 aliphatic heterocycles. The zero-order valence-corrected chi connectivity index (χ0v) is 34.3. The van der Waals surface area contributed by atoms with E-state index in [1.807, 2.05) is 69.3 Å². The second-order valence-electron chi connectivity index (χ2n) is 18.1. The van der Waals surface area contributed by atoms with E-state index < -0.39 is 41.6 Å². The van der Waals surface area contributed by atoms with Gasteiger partial charge in [0.15, 0.2) is 17.5 Å². The van der Waals surface area contributed by atoms with Crippen LogP contribution in [0.3, 0.4) is 0 Å². The number of hydrogen-bond acceptors (Lipinski definition) is 13. The molecule has 13 nitrogen and oxygen atoms in total. The van der Waals surface area contributed by atoms with Crippen LogP contribution >= 0.6 is 0 Å². The third kappa shape index (κ3) is 7.36. The normalized spacial score (nSPS) is 44.1. The van der Waals surface area contributed by atoms with E-state index in [0.717, 1.165) is 56.9 Å². The Morgan fingerprint density at radius 3 is 1.88 bits per heavy atom. The zero-order valence-electron chi connectivity index (χ0n) is 34.3. The van der Waals surface area contributed by atoms with Gasteiger partial charge in [-0.25, -0.2) is 24.3 Å². The monoisotopic (exact) mass is 803 g/mol. The molecule has 8 heterocycles. The minimum Gasteiger partial charge on any atom is -0.435 e. The van der Waals surface area contributed by atoms with Gasteiger partial charge in [0.1, 0.15) is 0 Å². The predicted octanol–water partition coefficient (Wildman–Crippen LogP) is 8.03. The number of esters is 2. The van der Waals surface area contributed by atoms with Crippen LogP contribution in [0.5, 0.6) is 0 Å². The van der Waals surface area contributed by atoms with E-state index in [4.69, 9.17) is 43.2 Å². The van der Waals surface area contributed by atoms with Gasteiger partial charge in [-0.15, -0.1) is 0 Å². The lowest BCUT2D eigenvalue weighted by atomic mass is 9.58. The first-order chi connectivity index (χ1) is 27.8.